The van der Waals surface area contributed by atoms with Gasteiger partial charge in [-0.1, -0.05) is 29.8 Å². The van der Waals surface area contributed by atoms with E-state index in [0.29, 0.717) is 5.75 Å². The summed E-state index contributed by atoms with van der Waals surface area (Å²) in [7, 11) is 1.56. The summed E-state index contributed by atoms with van der Waals surface area (Å²) in [5, 5.41) is 0. The van der Waals surface area contributed by atoms with Gasteiger partial charge in [0, 0.05) is 13.6 Å². The summed E-state index contributed by atoms with van der Waals surface area (Å²) in [5.41, 5.74) is 1.83. The molecule has 2 rings (SSSR count). The molecule has 2 aromatic carbocycles. The van der Waals surface area contributed by atoms with Crippen LogP contribution in [0.1, 0.15) is 17.5 Å². The molecule has 0 aliphatic rings. The largest absolute Gasteiger partial charge is 0.493 e. The predicted molar refractivity (Wildman–Crippen MR) is 102 cm³/mol. The average molecular weight is 407 g/mol. The van der Waals surface area contributed by atoms with Crippen molar-refractivity contribution in [3.63, 3.8) is 0 Å². The number of benzene rings is 2. The first kappa shape index (κ1) is 22.1. The molecule has 0 N–H and O–H groups in total. The summed E-state index contributed by atoms with van der Waals surface area (Å²) in [5.74, 6) is -0.221. The van der Waals surface area contributed by atoms with E-state index in [4.69, 9.17) is 9.47 Å². The Labute approximate surface area is 168 Å². The van der Waals surface area contributed by atoms with Crippen LogP contribution in [0.4, 0.5) is 8.78 Å². The first-order valence-electron chi connectivity index (χ1n) is 8.96. The summed E-state index contributed by atoms with van der Waals surface area (Å²) in [4.78, 5) is 25.2. The van der Waals surface area contributed by atoms with E-state index in [-0.39, 0.29) is 37.8 Å². The van der Waals surface area contributed by atoms with Crippen molar-refractivity contribution in [1.29, 1.82) is 0 Å². The fraction of sp³-hybridized carbons (Fsp3) is 0.333. The second-order valence-corrected chi connectivity index (χ2v) is 6.34. The second kappa shape index (κ2) is 11.0. The fourth-order valence-electron chi connectivity index (χ4n) is 2.35. The quantitative estimate of drug-likeness (QED) is 0.564. The third-order valence-electron chi connectivity index (χ3n) is 3.95. The van der Waals surface area contributed by atoms with Crippen LogP contribution in [-0.2, 0) is 20.9 Å². The van der Waals surface area contributed by atoms with Crippen molar-refractivity contribution in [2.45, 2.75) is 26.5 Å². The van der Waals surface area contributed by atoms with Gasteiger partial charge in [0.25, 0.3) is 5.91 Å². The molecule has 8 heteroatoms. The third kappa shape index (κ3) is 8.16. The number of hydrogen-bond acceptors (Lipinski definition) is 5. The Morgan fingerprint density at radius 3 is 2.24 bits per heavy atom. The van der Waals surface area contributed by atoms with E-state index in [2.05, 4.69) is 4.74 Å². The molecule has 0 unspecified atom stereocenters. The summed E-state index contributed by atoms with van der Waals surface area (Å²) >= 11 is 0. The van der Waals surface area contributed by atoms with Gasteiger partial charge in [0.2, 0.25) is 0 Å². The van der Waals surface area contributed by atoms with Crippen molar-refractivity contribution >= 4 is 11.9 Å². The molecule has 2 aromatic rings. The molecule has 0 aromatic heterocycles. The molecule has 6 nitrogen and oxygen atoms in total. The number of hydrogen-bond donors (Lipinski definition) is 0. The molecule has 0 spiro atoms. The van der Waals surface area contributed by atoms with Crippen LogP contribution in [0, 0.1) is 6.92 Å². The van der Waals surface area contributed by atoms with E-state index in [0.717, 1.165) is 11.1 Å². The van der Waals surface area contributed by atoms with Gasteiger partial charge < -0.3 is 19.1 Å². The van der Waals surface area contributed by atoms with Crippen molar-refractivity contribution in [3.05, 3.63) is 59.7 Å². The monoisotopic (exact) mass is 407 g/mol. The Hall–Kier alpha value is -3.16. The molecule has 29 heavy (non-hydrogen) atoms. The molecule has 0 atom stereocenters. The molecule has 0 aliphatic carbocycles. The maximum atomic E-state index is 12.1. The molecular formula is C21H23F2NO5. The van der Waals surface area contributed by atoms with E-state index < -0.39 is 12.6 Å². The van der Waals surface area contributed by atoms with Gasteiger partial charge >= 0.3 is 12.6 Å². The summed E-state index contributed by atoms with van der Waals surface area (Å²) in [6.07, 6.45) is 0.0243. The number of aryl methyl sites for hydroxylation is 1. The molecule has 0 saturated heterocycles. The van der Waals surface area contributed by atoms with Gasteiger partial charge in [-0.25, -0.2) is 0 Å². The zero-order valence-electron chi connectivity index (χ0n) is 16.3. The molecule has 156 valence electrons. The van der Waals surface area contributed by atoms with Crippen LogP contribution in [0.5, 0.6) is 11.5 Å². The fourth-order valence-corrected chi connectivity index (χ4v) is 2.35. The minimum atomic E-state index is -2.89. The highest BCUT2D eigenvalue weighted by Crippen LogP contribution is 2.16. The van der Waals surface area contributed by atoms with Crippen molar-refractivity contribution in [2.24, 2.45) is 0 Å². The highest BCUT2D eigenvalue weighted by molar-refractivity contribution is 5.80. The van der Waals surface area contributed by atoms with Crippen LogP contribution in [0.25, 0.3) is 0 Å². The van der Waals surface area contributed by atoms with E-state index in [1.54, 1.807) is 19.2 Å². The van der Waals surface area contributed by atoms with Crippen molar-refractivity contribution < 1.29 is 32.6 Å². The molecule has 0 fully saturated rings. The van der Waals surface area contributed by atoms with Gasteiger partial charge in [0.05, 0.1) is 13.0 Å². The maximum Gasteiger partial charge on any atom is 0.387 e. The van der Waals surface area contributed by atoms with Crippen molar-refractivity contribution in [1.82, 2.24) is 4.90 Å². The SMILES string of the molecule is Cc1ccc(OCCC(=O)OCC(=O)N(C)Cc2ccc(OC(F)F)cc2)cc1. The van der Waals surface area contributed by atoms with Crippen LogP contribution in [0.3, 0.4) is 0 Å². The average Bonchev–Trinajstić information content (AvgIpc) is 2.68. The standard InChI is InChI=1S/C21H23F2NO5/c1-15-3-7-17(8-4-15)27-12-11-20(26)28-14-19(25)24(2)13-16-5-9-18(10-6-16)29-21(22)23/h3-10,21H,11-14H2,1-2H3. The summed E-state index contributed by atoms with van der Waals surface area (Å²) < 4.78 is 39.0. The third-order valence-corrected chi connectivity index (χ3v) is 3.95. The van der Waals surface area contributed by atoms with E-state index in [1.807, 2.05) is 31.2 Å². The number of halogens is 2. The molecule has 0 bridgehead atoms. The van der Waals surface area contributed by atoms with Gasteiger partial charge in [-0.2, -0.15) is 8.78 Å². The van der Waals surface area contributed by atoms with Crippen LogP contribution in [0.15, 0.2) is 48.5 Å². The van der Waals surface area contributed by atoms with E-state index in [9.17, 15) is 18.4 Å². The highest BCUT2D eigenvalue weighted by atomic mass is 19.3. The summed E-state index contributed by atoms with van der Waals surface area (Å²) in [6, 6.07) is 13.4. The number of ether oxygens (including phenoxy) is 3. The summed E-state index contributed by atoms with van der Waals surface area (Å²) in [6.45, 7) is -0.915. The molecule has 0 saturated carbocycles. The lowest BCUT2D eigenvalue weighted by atomic mass is 10.2. The minimum Gasteiger partial charge on any atom is -0.493 e. The van der Waals surface area contributed by atoms with Crippen LogP contribution >= 0.6 is 0 Å². The number of likely N-dealkylation sites (N-methyl/N-ethyl adjacent to an activating group) is 1. The van der Waals surface area contributed by atoms with Gasteiger partial charge in [-0.05, 0) is 36.8 Å². The molecular weight excluding hydrogens is 384 g/mol. The van der Waals surface area contributed by atoms with Gasteiger partial charge in [-0.3, -0.25) is 9.59 Å². The first-order valence-corrected chi connectivity index (χ1v) is 8.96. The molecule has 0 radical (unpaired) electrons. The Morgan fingerprint density at radius 2 is 1.62 bits per heavy atom. The zero-order chi connectivity index (χ0) is 21.2. The van der Waals surface area contributed by atoms with Crippen LogP contribution in [-0.4, -0.2) is 43.6 Å². The Bertz CT molecular complexity index is 794. The lowest BCUT2D eigenvalue weighted by Crippen LogP contribution is -2.31. The molecule has 1 amide bonds. The predicted octanol–water partition coefficient (Wildman–Crippen LogP) is 3.57. The number of nitrogens with zero attached hydrogens (tertiary/aromatic N) is 1. The zero-order valence-corrected chi connectivity index (χ0v) is 16.3. The smallest absolute Gasteiger partial charge is 0.387 e. The van der Waals surface area contributed by atoms with Gasteiger partial charge in [0.1, 0.15) is 11.5 Å². The van der Waals surface area contributed by atoms with Crippen molar-refractivity contribution in [2.75, 3.05) is 20.3 Å². The Kier molecular flexibility index (Phi) is 8.39. The van der Waals surface area contributed by atoms with Gasteiger partial charge in [0.15, 0.2) is 6.61 Å². The van der Waals surface area contributed by atoms with Crippen LogP contribution < -0.4 is 9.47 Å². The lowest BCUT2D eigenvalue weighted by molar-refractivity contribution is -0.152. The Morgan fingerprint density at radius 1 is 1.00 bits per heavy atom. The molecule has 0 heterocycles. The Balaban J connectivity index is 1.67. The number of carbonyl (C=O) groups is 2. The highest BCUT2D eigenvalue weighted by Gasteiger charge is 2.13. The number of carbonyl (C=O) groups excluding carboxylic acids is 2. The van der Waals surface area contributed by atoms with Crippen molar-refractivity contribution in [3.8, 4) is 11.5 Å². The number of rotatable bonds is 10. The van der Waals surface area contributed by atoms with E-state index in [1.165, 1.54) is 17.0 Å². The number of amides is 1. The first-order chi connectivity index (χ1) is 13.8. The lowest BCUT2D eigenvalue weighted by Gasteiger charge is -2.17. The van der Waals surface area contributed by atoms with E-state index >= 15 is 0 Å². The maximum absolute atomic E-state index is 12.1. The number of alkyl halides is 2. The normalized spacial score (nSPS) is 10.5. The van der Waals surface area contributed by atoms with Crippen LogP contribution in [0.2, 0.25) is 0 Å². The second-order valence-electron chi connectivity index (χ2n) is 6.34. The topological polar surface area (TPSA) is 65.1 Å². The minimum absolute atomic E-state index is 0.0243. The molecule has 0 aliphatic heterocycles. The number of esters is 1. The van der Waals surface area contributed by atoms with Gasteiger partial charge in [-0.15, -0.1) is 0 Å².